The molecule has 0 heterocycles. The lowest BCUT2D eigenvalue weighted by atomic mass is 10.1. The predicted molar refractivity (Wildman–Crippen MR) is 46.2 cm³/mol. The molecule has 0 aliphatic heterocycles. The van der Waals surface area contributed by atoms with Gasteiger partial charge in [-0.1, -0.05) is 13.8 Å². The van der Waals surface area contributed by atoms with Gasteiger partial charge < -0.3 is 9.47 Å². The quantitative estimate of drug-likeness (QED) is 0.612. The Morgan fingerprint density at radius 3 is 2.27 bits per heavy atom. The second kappa shape index (κ2) is 4.73. The molecule has 0 aliphatic carbocycles. The van der Waals surface area contributed by atoms with Gasteiger partial charge in [0.15, 0.2) is 0 Å². The van der Waals surface area contributed by atoms with E-state index in [2.05, 4.69) is 21.0 Å². The van der Waals surface area contributed by atoms with Crippen molar-refractivity contribution in [2.75, 3.05) is 13.2 Å². The summed E-state index contributed by atoms with van der Waals surface area (Å²) in [6.07, 6.45) is 0. The van der Waals surface area contributed by atoms with E-state index in [9.17, 15) is 0 Å². The van der Waals surface area contributed by atoms with E-state index in [4.69, 9.17) is 9.47 Å². The molecule has 0 fully saturated rings. The highest BCUT2D eigenvalue weighted by Crippen LogP contribution is 2.08. The number of ether oxygens (including phenoxy) is 2. The molecule has 0 aromatic heterocycles. The summed E-state index contributed by atoms with van der Waals surface area (Å²) < 4.78 is 10.3. The predicted octanol–water partition coefficient (Wildman–Crippen LogP) is 2.25. The van der Waals surface area contributed by atoms with Crippen molar-refractivity contribution in [2.45, 2.75) is 33.3 Å². The molecule has 0 rings (SSSR count). The fourth-order valence-corrected chi connectivity index (χ4v) is 0.582. The molecular weight excluding hydrogens is 140 g/mol. The van der Waals surface area contributed by atoms with Gasteiger partial charge in [-0.2, -0.15) is 0 Å². The topological polar surface area (TPSA) is 18.5 Å². The highest BCUT2D eigenvalue weighted by Gasteiger charge is 2.16. The van der Waals surface area contributed by atoms with Crippen LogP contribution in [0.5, 0.6) is 0 Å². The lowest BCUT2D eigenvalue weighted by molar-refractivity contribution is -0.0395. The van der Waals surface area contributed by atoms with Crippen LogP contribution in [0.15, 0.2) is 0 Å². The van der Waals surface area contributed by atoms with Gasteiger partial charge in [0.1, 0.15) is 0 Å². The van der Waals surface area contributed by atoms with Crippen LogP contribution in [0.2, 0.25) is 0 Å². The molecule has 0 amide bonds. The molecule has 2 heteroatoms. The molecule has 1 radical (unpaired) electrons. The third-order valence-electron chi connectivity index (χ3n) is 1.29. The second-order valence-electron chi connectivity index (χ2n) is 3.81. The number of hydrogen-bond acceptors (Lipinski definition) is 2. The minimum Gasteiger partial charge on any atom is -0.378 e. The molecule has 0 saturated carbocycles. The summed E-state index contributed by atoms with van der Waals surface area (Å²) in [7, 11) is 3.38. The van der Waals surface area contributed by atoms with Gasteiger partial charge in [0.2, 0.25) is 0 Å². The van der Waals surface area contributed by atoms with Crippen molar-refractivity contribution >= 4 is 0 Å². The standard InChI is InChI=1S/C9H19O2/c1-8(2)6-11-7-9(3,4)10-5/h8H,5-7H2,1-4H3. The van der Waals surface area contributed by atoms with Crippen molar-refractivity contribution in [3.8, 4) is 0 Å². The van der Waals surface area contributed by atoms with Crippen LogP contribution in [-0.2, 0) is 9.47 Å². The van der Waals surface area contributed by atoms with Crippen LogP contribution in [0.25, 0.3) is 0 Å². The Kier molecular flexibility index (Phi) is 4.69. The maximum Gasteiger partial charge on any atom is 0.0860 e. The Morgan fingerprint density at radius 1 is 1.36 bits per heavy atom. The molecule has 0 saturated heterocycles. The van der Waals surface area contributed by atoms with E-state index in [1.54, 1.807) is 0 Å². The van der Waals surface area contributed by atoms with E-state index in [0.29, 0.717) is 12.5 Å². The SMILES string of the molecule is [CH2]OC(C)(C)COCC(C)C. The summed E-state index contributed by atoms with van der Waals surface area (Å²) in [5.74, 6) is 0.579. The van der Waals surface area contributed by atoms with Crippen molar-refractivity contribution in [2.24, 2.45) is 5.92 Å². The molecule has 0 spiro atoms. The molecule has 0 unspecified atom stereocenters. The molecule has 0 atom stereocenters. The van der Waals surface area contributed by atoms with E-state index in [0.717, 1.165) is 6.61 Å². The van der Waals surface area contributed by atoms with Gasteiger partial charge in [0.05, 0.1) is 19.3 Å². The lowest BCUT2D eigenvalue weighted by Crippen LogP contribution is -2.29. The van der Waals surface area contributed by atoms with Gasteiger partial charge >= 0.3 is 0 Å². The van der Waals surface area contributed by atoms with Crippen LogP contribution in [0.4, 0.5) is 0 Å². The zero-order chi connectivity index (χ0) is 8.91. The van der Waals surface area contributed by atoms with Crippen LogP contribution in [0.1, 0.15) is 27.7 Å². The summed E-state index contributed by atoms with van der Waals surface area (Å²) in [5.41, 5.74) is -0.255. The van der Waals surface area contributed by atoms with Gasteiger partial charge in [0, 0.05) is 6.61 Å². The van der Waals surface area contributed by atoms with E-state index in [-0.39, 0.29) is 5.60 Å². The summed E-state index contributed by atoms with van der Waals surface area (Å²) in [6, 6.07) is 0. The highest BCUT2D eigenvalue weighted by molar-refractivity contribution is 4.66. The van der Waals surface area contributed by atoms with E-state index in [1.165, 1.54) is 0 Å². The lowest BCUT2D eigenvalue weighted by Gasteiger charge is -2.22. The Balaban J connectivity index is 3.38. The summed E-state index contributed by atoms with van der Waals surface area (Å²) in [6.45, 7) is 9.55. The maximum absolute atomic E-state index is 5.39. The van der Waals surface area contributed by atoms with Gasteiger partial charge in [-0.15, -0.1) is 0 Å². The Labute approximate surface area is 69.9 Å². The van der Waals surface area contributed by atoms with Crippen LogP contribution < -0.4 is 0 Å². The smallest absolute Gasteiger partial charge is 0.0860 e. The Morgan fingerprint density at radius 2 is 1.91 bits per heavy atom. The van der Waals surface area contributed by atoms with Gasteiger partial charge in [-0.3, -0.25) is 0 Å². The van der Waals surface area contributed by atoms with Gasteiger partial charge in [-0.05, 0) is 19.8 Å². The minimum atomic E-state index is -0.255. The zero-order valence-corrected chi connectivity index (χ0v) is 8.02. The van der Waals surface area contributed by atoms with E-state index < -0.39 is 0 Å². The first-order chi connectivity index (χ1) is 4.98. The fourth-order valence-electron chi connectivity index (χ4n) is 0.582. The Hall–Kier alpha value is -0.0800. The molecule has 0 aromatic carbocycles. The maximum atomic E-state index is 5.39. The van der Waals surface area contributed by atoms with Crippen molar-refractivity contribution in [1.82, 2.24) is 0 Å². The highest BCUT2D eigenvalue weighted by atomic mass is 16.5. The second-order valence-corrected chi connectivity index (χ2v) is 3.81. The summed E-state index contributed by atoms with van der Waals surface area (Å²) in [4.78, 5) is 0. The van der Waals surface area contributed by atoms with E-state index in [1.807, 2.05) is 13.8 Å². The normalized spacial score (nSPS) is 12.5. The molecule has 0 bridgehead atoms. The molecular formula is C9H19O2. The molecule has 0 N–H and O–H groups in total. The largest absolute Gasteiger partial charge is 0.378 e. The first kappa shape index (κ1) is 10.9. The van der Waals surface area contributed by atoms with Gasteiger partial charge in [0.25, 0.3) is 0 Å². The first-order valence-electron chi connectivity index (χ1n) is 3.99. The van der Waals surface area contributed by atoms with Crippen LogP contribution in [-0.4, -0.2) is 18.8 Å². The average Bonchev–Trinajstić information content (AvgIpc) is 1.87. The van der Waals surface area contributed by atoms with Gasteiger partial charge in [-0.25, -0.2) is 0 Å². The van der Waals surface area contributed by atoms with Crippen molar-refractivity contribution in [3.05, 3.63) is 7.11 Å². The van der Waals surface area contributed by atoms with Crippen molar-refractivity contribution in [1.29, 1.82) is 0 Å². The number of rotatable bonds is 5. The van der Waals surface area contributed by atoms with Crippen molar-refractivity contribution in [3.63, 3.8) is 0 Å². The number of hydrogen-bond donors (Lipinski definition) is 0. The fraction of sp³-hybridized carbons (Fsp3) is 0.889. The molecule has 0 aromatic rings. The molecule has 2 nitrogen and oxygen atoms in total. The molecule has 0 aliphatic rings. The minimum absolute atomic E-state index is 0.255. The van der Waals surface area contributed by atoms with Crippen LogP contribution >= 0.6 is 0 Å². The monoisotopic (exact) mass is 159 g/mol. The van der Waals surface area contributed by atoms with Crippen LogP contribution in [0.3, 0.4) is 0 Å². The third-order valence-corrected chi connectivity index (χ3v) is 1.29. The summed E-state index contributed by atoms with van der Waals surface area (Å²) in [5, 5.41) is 0. The third kappa shape index (κ3) is 6.32. The Bertz CT molecular complexity index is 97.7. The first-order valence-corrected chi connectivity index (χ1v) is 3.99. The molecule has 11 heavy (non-hydrogen) atoms. The van der Waals surface area contributed by atoms with Crippen LogP contribution in [0, 0.1) is 13.0 Å². The zero-order valence-electron chi connectivity index (χ0n) is 8.02. The van der Waals surface area contributed by atoms with E-state index >= 15 is 0 Å². The van der Waals surface area contributed by atoms with Crippen molar-refractivity contribution < 1.29 is 9.47 Å². The molecule has 67 valence electrons. The summed E-state index contributed by atoms with van der Waals surface area (Å²) >= 11 is 0. The average molecular weight is 159 g/mol.